The van der Waals surface area contributed by atoms with Crippen LogP contribution >= 0.6 is 15.6 Å². The van der Waals surface area contributed by atoms with E-state index in [2.05, 4.69) is 13.4 Å². The van der Waals surface area contributed by atoms with E-state index >= 15 is 0 Å². The van der Waals surface area contributed by atoms with Gasteiger partial charge in [0.05, 0.1) is 32.0 Å². The van der Waals surface area contributed by atoms with E-state index in [9.17, 15) is 39.0 Å². The van der Waals surface area contributed by atoms with E-state index in [1.54, 1.807) is 0 Å². The lowest BCUT2D eigenvalue weighted by Crippen LogP contribution is -2.46. The lowest BCUT2D eigenvalue weighted by atomic mass is 10.1. The van der Waals surface area contributed by atoms with Crippen LogP contribution in [0.4, 0.5) is 0 Å². The Labute approximate surface area is 187 Å². The van der Waals surface area contributed by atoms with E-state index in [1.807, 2.05) is 0 Å². The summed E-state index contributed by atoms with van der Waals surface area (Å²) in [6.45, 7) is -1.27. The van der Waals surface area contributed by atoms with Gasteiger partial charge >= 0.3 is 15.6 Å². The normalized spacial score (nSPS) is 33.5. The standard InChI is InChI=1S/C16H24N2O13P2/c17-15(22)9-2-1-3-18(5-9)16-14(21)13(20)12(30-16)8-29-33(25,26)31-32(23,24)28-7-11-4-10(19)6-27-11/h1-3,5,10-14,16,19-21H,4,6-8H2,(H3-,17,22,23,24,25,26)/p+1/t10-,11+,12-,13-,14-,16-/m1/s1. The number of ether oxygens (including phenoxy) is 2. The number of pyridine rings is 1. The SMILES string of the molecule is NC(=O)c1ccc[n+]([C@@H]2O[C@H](COP(=O)(O)OP(=O)(O)OC[C@@H]3C[C@@H](O)CO3)[C@@H](O)[C@H]2O)c1. The molecule has 0 bridgehead atoms. The number of hydrogen-bond donors (Lipinski definition) is 6. The van der Waals surface area contributed by atoms with Crippen molar-refractivity contribution >= 4 is 21.6 Å². The van der Waals surface area contributed by atoms with Gasteiger partial charge in [0.25, 0.3) is 12.1 Å². The third-order valence-corrected chi connectivity index (χ3v) is 7.43. The molecule has 1 aromatic heterocycles. The average Bonchev–Trinajstić information content (AvgIpc) is 3.28. The predicted molar refractivity (Wildman–Crippen MR) is 104 cm³/mol. The molecule has 0 radical (unpaired) electrons. The number of phosphoric ester groups is 2. The molecule has 7 N–H and O–H groups in total. The summed E-state index contributed by atoms with van der Waals surface area (Å²) in [4.78, 5) is 30.7. The summed E-state index contributed by atoms with van der Waals surface area (Å²) >= 11 is 0. The molecule has 33 heavy (non-hydrogen) atoms. The molecular weight excluding hydrogens is 490 g/mol. The van der Waals surface area contributed by atoms with Crippen molar-refractivity contribution in [3.8, 4) is 0 Å². The van der Waals surface area contributed by atoms with E-state index < -0.39 is 71.5 Å². The van der Waals surface area contributed by atoms with E-state index in [0.29, 0.717) is 0 Å². The van der Waals surface area contributed by atoms with Crippen LogP contribution in [0.2, 0.25) is 0 Å². The minimum atomic E-state index is -5.17. The van der Waals surface area contributed by atoms with Crippen LogP contribution in [-0.4, -0.2) is 81.4 Å². The van der Waals surface area contributed by atoms with Crippen LogP contribution in [0.1, 0.15) is 23.0 Å². The maximum Gasteiger partial charge on any atom is 0.481 e. The molecule has 0 saturated carbocycles. The van der Waals surface area contributed by atoms with Crippen molar-refractivity contribution in [1.82, 2.24) is 0 Å². The zero-order valence-corrected chi connectivity index (χ0v) is 18.8. The molecule has 2 aliphatic rings. The van der Waals surface area contributed by atoms with Crippen LogP contribution in [0.25, 0.3) is 0 Å². The number of aliphatic hydroxyl groups excluding tert-OH is 3. The Morgan fingerprint density at radius 2 is 1.82 bits per heavy atom. The molecule has 2 fully saturated rings. The Morgan fingerprint density at radius 3 is 2.42 bits per heavy atom. The third kappa shape index (κ3) is 7.09. The van der Waals surface area contributed by atoms with E-state index in [0.717, 1.165) is 0 Å². The third-order valence-electron chi connectivity index (χ3n) is 4.83. The smallest absolute Gasteiger partial charge is 0.391 e. The molecule has 8 atom stereocenters. The number of rotatable bonds is 10. The maximum atomic E-state index is 12.1. The maximum absolute atomic E-state index is 12.1. The van der Waals surface area contributed by atoms with Gasteiger partial charge in [-0.15, -0.1) is 0 Å². The Kier molecular flexibility index (Phi) is 8.38. The Morgan fingerprint density at radius 1 is 1.15 bits per heavy atom. The van der Waals surface area contributed by atoms with Crippen molar-refractivity contribution < 1.29 is 66.4 Å². The van der Waals surface area contributed by atoms with Crippen LogP contribution in [0, 0.1) is 0 Å². The first-order chi connectivity index (χ1) is 15.4. The molecule has 3 heterocycles. The summed E-state index contributed by atoms with van der Waals surface area (Å²) in [6.07, 6.45) is -4.22. The number of amides is 1. The number of aliphatic hydroxyl groups is 3. The molecular formula is C16H25N2O13P2+. The van der Waals surface area contributed by atoms with E-state index in [1.165, 1.54) is 29.1 Å². The first-order valence-corrected chi connectivity index (χ1v) is 12.6. The highest BCUT2D eigenvalue weighted by Crippen LogP contribution is 2.60. The molecule has 2 saturated heterocycles. The molecule has 0 aromatic carbocycles. The zero-order chi connectivity index (χ0) is 24.4. The van der Waals surface area contributed by atoms with Crippen LogP contribution in [-0.2, 0) is 32.0 Å². The van der Waals surface area contributed by atoms with Gasteiger partial charge in [0.15, 0.2) is 18.5 Å². The van der Waals surface area contributed by atoms with E-state index in [-0.39, 0.29) is 18.6 Å². The van der Waals surface area contributed by atoms with Crippen molar-refractivity contribution in [1.29, 1.82) is 0 Å². The fourth-order valence-electron chi connectivity index (χ4n) is 3.24. The summed E-state index contributed by atoms with van der Waals surface area (Å²) in [5.74, 6) is -0.734. The lowest BCUT2D eigenvalue weighted by Gasteiger charge is -2.19. The lowest BCUT2D eigenvalue weighted by molar-refractivity contribution is -0.765. The molecule has 186 valence electrons. The Balaban J connectivity index is 1.54. The van der Waals surface area contributed by atoms with Crippen LogP contribution in [0.5, 0.6) is 0 Å². The van der Waals surface area contributed by atoms with Crippen LogP contribution in [0.3, 0.4) is 0 Å². The monoisotopic (exact) mass is 515 g/mol. The van der Waals surface area contributed by atoms with Crippen molar-refractivity contribution in [2.24, 2.45) is 5.73 Å². The molecule has 15 nitrogen and oxygen atoms in total. The van der Waals surface area contributed by atoms with Gasteiger partial charge in [0, 0.05) is 12.5 Å². The van der Waals surface area contributed by atoms with Crippen LogP contribution < -0.4 is 10.3 Å². The molecule has 0 spiro atoms. The second-order valence-corrected chi connectivity index (χ2v) is 10.4. The minimum absolute atomic E-state index is 0.0217. The minimum Gasteiger partial charge on any atom is -0.391 e. The van der Waals surface area contributed by atoms with Crippen molar-refractivity contribution in [2.75, 3.05) is 19.8 Å². The summed E-state index contributed by atoms with van der Waals surface area (Å²) in [5.41, 5.74) is 5.31. The van der Waals surface area contributed by atoms with Gasteiger partial charge in [-0.1, -0.05) is 0 Å². The highest BCUT2D eigenvalue weighted by atomic mass is 31.3. The van der Waals surface area contributed by atoms with Crippen molar-refractivity contribution in [3.63, 3.8) is 0 Å². The van der Waals surface area contributed by atoms with Gasteiger partial charge in [-0.3, -0.25) is 13.8 Å². The number of nitrogens with two attached hydrogens (primary N) is 1. The summed E-state index contributed by atoms with van der Waals surface area (Å²) in [7, 11) is -10.2. The Hall–Kier alpha value is -1.32. The molecule has 2 unspecified atom stereocenters. The highest BCUT2D eigenvalue weighted by Gasteiger charge is 2.49. The molecule has 17 heteroatoms. The van der Waals surface area contributed by atoms with Crippen molar-refractivity contribution in [2.45, 2.75) is 43.2 Å². The van der Waals surface area contributed by atoms with Crippen molar-refractivity contribution in [3.05, 3.63) is 30.1 Å². The second kappa shape index (κ2) is 10.5. The number of phosphoric acid groups is 2. The van der Waals surface area contributed by atoms with Gasteiger partial charge in [-0.25, -0.2) is 9.13 Å². The topological polar surface area (TPSA) is 228 Å². The molecule has 1 aromatic rings. The Bertz CT molecular complexity index is 949. The largest absolute Gasteiger partial charge is 0.481 e. The molecule has 2 aliphatic heterocycles. The van der Waals surface area contributed by atoms with Gasteiger partial charge in [-0.05, 0) is 6.07 Å². The summed E-state index contributed by atoms with van der Waals surface area (Å²) in [6, 6.07) is 2.88. The summed E-state index contributed by atoms with van der Waals surface area (Å²) in [5, 5.41) is 29.8. The van der Waals surface area contributed by atoms with Gasteiger partial charge in [-0.2, -0.15) is 8.88 Å². The number of carbonyl (C=O) groups is 1. The first kappa shape index (κ1) is 26.3. The van der Waals surface area contributed by atoms with Crippen LogP contribution in [0.15, 0.2) is 24.5 Å². The number of hydrogen-bond acceptors (Lipinski definition) is 11. The zero-order valence-electron chi connectivity index (χ0n) is 17.0. The highest BCUT2D eigenvalue weighted by molar-refractivity contribution is 7.61. The summed E-state index contributed by atoms with van der Waals surface area (Å²) < 4.78 is 49.2. The fourth-order valence-corrected chi connectivity index (χ4v) is 5.35. The number of carbonyl (C=O) groups excluding carboxylic acids is 1. The van der Waals surface area contributed by atoms with Gasteiger partial charge < -0.3 is 40.3 Å². The number of primary amides is 1. The second-order valence-electron chi connectivity index (χ2n) is 7.41. The molecule has 0 aliphatic carbocycles. The average molecular weight is 515 g/mol. The molecule has 3 rings (SSSR count). The van der Waals surface area contributed by atoms with Gasteiger partial charge in [0.2, 0.25) is 0 Å². The quantitative estimate of drug-likeness (QED) is 0.148. The fraction of sp³-hybridized carbons (Fsp3) is 0.625. The number of aromatic nitrogens is 1. The first-order valence-electron chi connectivity index (χ1n) is 9.65. The molecule has 1 amide bonds. The number of nitrogens with zero attached hydrogens (tertiary/aromatic N) is 1. The van der Waals surface area contributed by atoms with E-state index in [4.69, 9.17) is 15.2 Å². The predicted octanol–water partition coefficient (Wildman–Crippen LogP) is -1.91. The van der Waals surface area contributed by atoms with Gasteiger partial charge in [0.1, 0.15) is 17.8 Å².